The summed E-state index contributed by atoms with van der Waals surface area (Å²) < 4.78 is 13.4. The third-order valence-electron chi connectivity index (χ3n) is 4.97. The van der Waals surface area contributed by atoms with E-state index in [2.05, 4.69) is 49.4 Å². The van der Waals surface area contributed by atoms with Gasteiger partial charge in [-0.2, -0.15) is 0 Å². The van der Waals surface area contributed by atoms with E-state index in [0.29, 0.717) is 5.92 Å². The Labute approximate surface area is 153 Å². The van der Waals surface area contributed by atoms with Crippen molar-refractivity contribution in [1.29, 1.82) is 0 Å². The standard InChI is InChI=1S/C23H23FO2/c1-16(19-12-6-10-18-9-4-5-11-20(18)19)7-2-3-8-17-13-14-22(24)21(15-17)23(25)26/h4-6,9-16H,2-3,7-8H2,1H3,(H,25,26)/t16-/m0/s1. The number of hydrogen-bond acceptors (Lipinski definition) is 1. The topological polar surface area (TPSA) is 37.3 Å². The van der Waals surface area contributed by atoms with Crippen molar-refractivity contribution in [1.82, 2.24) is 0 Å². The molecule has 0 spiro atoms. The second-order valence-corrected chi connectivity index (χ2v) is 6.83. The van der Waals surface area contributed by atoms with E-state index in [4.69, 9.17) is 5.11 Å². The summed E-state index contributed by atoms with van der Waals surface area (Å²) in [6.45, 7) is 2.25. The van der Waals surface area contributed by atoms with Crippen LogP contribution in [0.4, 0.5) is 4.39 Å². The van der Waals surface area contributed by atoms with E-state index < -0.39 is 11.8 Å². The van der Waals surface area contributed by atoms with Crippen molar-refractivity contribution in [2.45, 2.75) is 38.5 Å². The molecule has 0 aliphatic rings. The van der Waals surface area contributed by atoms with Crippen molar-refractivity contribution in [2.24, 2.45) is 0 Å². The first-order chi connectivity index (χ1) is 12.6. The lowest BCUT2D eigenvalue weighted by molar-refractivity contribution is 0.0691. The number of carbonyl (C=O) groups is 1. The maximum atomic E-state index is 13.4. The molecule has 0 unspecified atom stereocenters. The molecule has 0 saturated carbocycles. The quantitative estimate of drug-likeness (QED) is 0.516. The summed E-state index contributed by atoms with van der Waals surface area (Å²) in [4.78, 5) is 11.0. The third kappa shape index (κ3) is 4.10. The molecule has 3 heteroatoms. The maximum Gasteiger partial charge on any atom is 0.338 e. The molecule has 3 aromatic rings. The average molecular weight is 350 g/mol. The number of halogens is 1. The van der Waals surface area contributed by atoms with E-state index in [0.717, 1.165) is 31.2 Å². The molecule has 134 valence electrons. The van der Waals surface area contributed by atoms with Crippen LogP contribution in [0.1, 0.15) is 53.6 Å². The minimum absolute atomic E-state index is 0.244. The van der Waals surface area contributed by atoms with E-state index in [9.17, 15) is 9.18 Å². The predicted octanol–water partition coefficient (Wildman–Crippen LogP) is 6.19. The number of fused-ring (bicyclic) bond motifs is 1. The Morgan fingerprint density at radius 3 is 2.62 bits per heavy atom. The minimum atomic E-state index is -1.21. The molecule has 0 aromatic heterocycles. The fourth-order valence-electron chi connectivity index (χ4n) is 3.51. The Morgan fingerprint density at radius 1 is 1.04 bits per heavy atom. The van der Waals surface area contributed by atoms with Crippen LogP contribution < -0.4 is 0 Å². The van der Waals surface area contributed by atoms with Gasteiger partial charge in [0.2, 0.25) is 0 Å². The Morgan fingerprint density at radius 2 is 1.81 bits per heavy atom. The highest BCUT2D eigenvalue weighted by atomic mass is 19.1. The second-order valence-electron chi connectivity index (χ2n) is 6.83. The summed E-state index contributed by atoms with van der Waals surface area (Å²) >= 11 is 0. The van der Waals surface area contributed by atoms with Gasteiger partial charge in [-0.1, -0.05) is 61.9 Å². The van der Waals surface area contributed by atoms with Gasteiger partial charge < -0.3 is 5.11 Å². The van der Waals surface area contributed by atoms with Crippen LogP contribution in [0.5, 0.6) is 0 Å². The van der Waals surface area contributed by atoms with Gasteiger partial charge in [0, 0.05) is 0 Å². The first-order valence-corrected chi connectivity index (χ1v) is 9.05. The van der Waals surface area contributed by atoms with Crippen LogP contribution in [-0.4, -0.2) is 11.1 Å². The zero-order valence-corrected chi connectivity index (χ0v) is 14.9. The summed E-state index contributed by atoms with van der Waals surface area (Å²) in [5.41, 5.74) is 2.01. The van der Waals surface area contributed by atoms with E-state index in [1.165, 1.54) is 28.5 Å². The fourth-order valence-corrected chi connectivity index (χ4v) is 3.51. The van der Waals surface area contributed by atoms with E-state index in [-0.39, 0.29) is 5.56 Å². The zero-order chi connectivity index (χ0) is 18.5. The Balaban J connectivity index is 1.58. The van der Waals surface area contributed by atoms with Crippen LogP contribution in [0.3, 0.4) is 0 Å². The molecule has 0 heterocycles. The number of carboxylic acid groups (broad SMARTS) is 1. The Hall–Kier alpha value is -2.68. The van der Waals surface area contributed by atoms with Crippen LogP contribution in [-0.2, 0) is 6.42 Å². The average Bonchev–Trinajstić information content (AvgIpc) is 2.65. The van der Waals surface area contributed by atoms with Crippen molar-refractivity contribution < 1.29 is 14.3 Å². The van der Waals surface area contributed by atoms with Crippen LogP contribution in [0.15, 0.2) is 60.7 Å². The highest BCUT2D eigenvalue weighted by Crippen LogP contribution is 2.29. The number of hydrogen-bond donors (Lipinski definition) is 1. The molecule has 0 saturated heterocycles. The van der Waals surface area contributed by atoms with E-state index >= 15 is 0 Å². The zero-order valence-electron chi connectivity index (χ0n) is 14.9. The fraction of sp³-hybridized carbons (Fsp3) is 0.261. The molecule has 0 amide bonds. The second kappa shape index (κ2) is 8.13. The van der Waals surface area contributed by atoms with Crippen LogP contribution in [0, 0.1) is 5.82 Å². The third-order valence-corrected chi connectivity index (χ3v) is 4.97. The lowest BCUT2D eigenvalue weighted by atomic mass is 9.90. The van der Waals surface area contributed by atoms with Gasteiger partial charge in [-0.25, -0.2) is 9.18 Å². The molecule has 1 N–H and O–H groups in total. The van der Waals surface area contributed by atoms with Crippen LogP contribution >= 0.6 is 0 Å². The molecule has 0 radical (unpaired) electrons. The molecular weight excluding hydrogens is 327 g/mol. The smallest absolute Gasteiger partial charge is 0.338 e. The molecular formula is C23H23FO2. The summed E-state index contributed by atoms with van der Waals surface area (Å²) in [6.07, 6.45) is 3.84. The van der Waals surface area contributed by atoms with Gasteiger partial charge in [0.1, 0.15) is 5.82 Å². The molecule has 0 aliphatic heterocycles. The summed E-state index contributed by atoms with van der Waals surface area (Å²) in [5.74, 6) is -1.43. The number of benzene rings is 3. The molecule has 0 aliphatic carbocycles. The monoisotopic (exact) mass is 350 g/mol. The number of aryl methyl sites for hydroxylation is 1. The van der Waals surface area contributed by atoms with Gasteiger partial charge >= 0.3 is 5.97 Å². The largest absolute Gasteiger partial charge is 0.478 e. The van der Waals surface area contributed by atoms with Gasteiger partial charge in [0.05, 0.1) is 5.56 Å². The molecule has 0 bridgehead atoms. The molecule has 1 atom stereocenters. The summed E-state index contributed by atoms with van der Waals surface area (Å²) in [5, 5.41) is 11.6. The Kier molecular flexibility index (Phi) is 5.67. The summed E-state index contributed by atoms with van der Waals surface area (Å²) in [6, 6.07) is 19.3. The SMILES string of the molecule is C[C@@H](CCCCc1ccc(F)c(C(=O)O)c1)c1cccc2ccccc12. The van der Waals surface area contributed by atoms with Crippen molar-refractivity contribution in [3.63, 3.8) is 0 Å². The highest BCUT2D eigenvalue weighted by molar-refractivity contribution is 5.88. The van der Waals surface area contributed by atoms with Gasteiger partial charge in [0.25, 0.3) is 0 Å². The molecule has 26 heavy (non-hydrogen) atoms. The number of unbranched alkanes of at least 4 members (excludes halogenated alkanes) is 1. The molecule has 0 fully saturated rings. The molecule has 3 aromatic carbocycles. The minimum Gasteiger partial charge on any atom is -0.478 e. The predicted molar refractivity (Wildman–Crippen MR) is 103 cm³/mol. The number of rotatable bonds is 7. The van der Waals surface area contributed by atoms with Gasteiger partial charge in [-0.15, -0.1) is 0 Å². The first-order valence-electron chi connectivity index (χ1n) is 9.05. The number of carboxylic acids is 1. The normalized spacial score (nSPS) is 12.2. The van der Waals surface area contributed by atoms with Crippen molar-refractivity contribution in [3.05, 3.63) is 83.2 Å². The van der Waals surface area contributed by atoms with Crippen molar-refractivity contribution in [3.8, 4) is 0 Å². The summed E-state index contributed by atoms with van der Waals surface area (Å²) in [7, 11) is 0. The molecule has 2 nitrogen and oxygen atoms in total. The van der Waals surface area contributed by atoms with Crippen molar-refractivity contribution in [2.75, 3.05) is 0 Å². The lowest BCUT2D eigenvalue weighted by Crippen LogP contribution is -2.02. The van der Waals surface area contributed by atoms with Gasteiger partial charge in [-0.05, 0) is 59.2 Å². The highest BCUT2D eigenvalue weighted by Gasteiger charge is 2.11. The van der Waals surface area contributed by atoms with Gasteiger partial charge in [0.15, 0.2) is 0 Å². The van der Waals surface area contributed by atoms with E-state index in [1.54, 1.807) is 6.07 Å². The van der Waals surface area contributed by atoms with Crippen LogP contribution in [0.2, 0.25) is 0 Å². The number of aromatic carboxylic acids is 1. The lowest BCUT2D eigenvalue weighted by Gasteiger charge is -2.15. The van der Waals surface area contributed by atoms with E-state index in [1.807, 2.05) is 0 Å². The van der Waals surface area contributed by atoms with Crippen LogP contribution in [0.25, 0.3) is 10.8 Å². The molecule has 3 rings (SSSR count). The first kappa shape index (κ1) is 18.1. The van der Waals surface area contributed by atoms with Crippen molar-refractivity contribution >= 4 is 16.7 Å². The maximum absolute atomic E-state index is 13.4. The van der Waals surface area contributed by atoms with Gasteiger partial charge in [-0.3, -0.25) is 0 Å². The Bertz CT molecular complexity index is 912.